The number of rotatable bonds is 4. The number of halogens is 1. The Morgan fingerprint density at radius 3 is 2.76 bits per heavy atom. The average Bonchev–Trinajstić information content (AvgIpc) is 3.45. The van der Waals surface area contributed by atoms with Gasteiger partial charge in [0.1, 0.15) is 17.0 Å². The Balaban J connectivity index is 1.41. The Labute approximate surface area is 198 Å². The summed E-state index contributed by atoms with van der Waals surface area (Å²) >= 11 is 1.23. The first kappa shape index (κ1) is 21.2. The van der Waals surface area contributed by atoms with Crippen molar-refractivity contribution < 1.29 is 19.0 Å². The van der Waals surface area contributed by atoms with Crippen molar-refractivity contribution in [3.63, 3.8) is 0 Å². The lowest BCUT2D eigenvalue weighted by molar-refractivity contribution is -0.0523. The zero-order chi connectivity index (χ0) is 23.6. The van der Waals surface area contributed by atoms with E-state index in [1.807, 2.05) is 11.9 Å². The molecular weight excluding hydrogens is 461 g/mol. The number of carbonyl (C=O) groups excluding carboxylic acids is 1. The molecule has 9 nitrogen and oxygen atoms in total. The number of carbonyl (C=O) groups is 1. The third kappa shape index (κ3) is 3.22. The summed E-state index contributed by atoms with van der Waals surface area (Å²) in [7, 11) is 0. The van der Waals surface area contributed by atoms with Gasteiger partial charge in [-0.25, -0.2) is 4.39 Å². The van der Waals surface area contributed by atoms with E-state index in [-0.39, 0.29) is 35.4 Å². The van der Waals surface area contributed by atoms with Crippen molar-refractivity contribution in [2.24, 2.45) is 0 Å². The van der Waals surface area contributed by atoms with E-state index in [1.54, 1.807) is 27.9 Å². The molecule has 3 aliphatic rings. The fourth-order valence-corrected chi connectivity index (χ4v) is 5.99. The van der Waals surface area contributed by atoms with Crippen LogP contribution in [0.1, 0.15) is 40.8 Å². The lowest BCUT2D eigenvalue weighted by atomic mass is 10.1. The Hall–Kier alpha value is -3.31. The summed E-state index contributed by atoms with van der Waals surface area (Å²) in [6, 6.07) is 6.11. The molecule has 1 amide bonds. The molecular formula is C23H22FN5O4S. The van der Waals surface area contributed by atoms with Crippen LogP contribution in [0, 0.1) is 5.82 Å². The van der Waals surface area contributed by atoms with Gasteiger partial charge in [0.25, 0.3) is 5.91 Å². The quantitative estimate of drug-likeness (QED) is 0.607. The predicted octanol–water partition coefficient (Wildman–Crippen LogP) is 2.10. The first-order valence-corrected chi connectivity index (χ1v) is 12.1. The molecule has 1 N–H and O–H groups in total. The van der Waals surface area contributed by atoms with E-state index in [9.17, 15) is 19.1 Å². The van der Waals surface area contributed by atoms with E-state index >= 15 is 0 Å². The molecule has 2 fully saturated rings. The third-order valence-corrected chi connectivity index (χ3v) is 7.66. The number of ether oxygens (including phenoxy) is 1. The minimum Gasteiger partial charge on any atom is -0.502 e. The second-order valence-corrected chi connectivity index (χ2v) is 9.78. The molecule has 1 aromatic carbocycles. The normalized spacial score (nSPS) is 23.2. The van der Waals surface area contributed by atoms with E-state index in [1.165, 1.54) is 23.5 Å². The molecule has 2 aromatic heterocycles. The molecule has 11 heteroatoms. The molecule has 3 aromatic rings. The third-order valence-electron chi connectivity index (χ3n) is 6.70. The van der Waals surface area contributed by atoms with Gasteiger partial charge in [-0.15, -0.1) is 10.2 Å². The van der Waals surface area contributed by atoms with Crippen LogP contribution in [0.4, 0.5) is 4.39 Å². The van der Waals surface area contributed by atoms with Crippen LogP contribution in [-0.4, -0.2) is 62.3 Å². The molecule has 176 valence electrons. The van der Waals surface area contributed by atoms with Crippen molar-refractivity contribution in [1.29, 1.82) is 0 Å². The van der Waals surface area contributed by atoms with Crippen LogP contribution in [-0.2, 0) is 11.2 Å². The summed E-state index contributed by atoms with van der Waals surface area (Å²) in [4.78, 5) is 28.1. The second kappa shape index (κ2) is 7.88. The number of aromatic hydroxyl groups is 1. The maximum Gasteiger partial charge on any atom is 0.278 e. The number of nitrogens with zero attached hydrogens (tertiary/aromatic N) is 5. The number of benzene rings is 1. The summed E-state index contributed by atoms with van der Waals surface area (Å²) < 4.78 is 20.9. The van der Waals surface area contributed by atoms with Crippen LogP contribution in [0.2, 0.25) is 0 Å². The average molecular weight is 484 g/mol. The van der Waals surface area contributed by atoms with Gasteiger partial charge in [-0.1, -0.05) is 23.5 Å². The first-order valence-electron chi connectivity index (χ1n) is 11.2. The van der Waals surface area contributed by atoms with Gasteiger partial charge in [-0.3, -0.25) is 19.3 Å². The van der Waals surface area contributed by atoms with Crippen molar-refractivity contribution in [1.82, 2.24) is 19.8 Å². The smallest absolute Gasteiger partial charge is 0.278 e. The zero-order valence-electron chi connectivity index (χ0n) is 18.3. The molecule has 0 spiro atoms. The molecule has 0 radical (unpaired) electrons. The number of morpholine rings is 1. The SMILES string of the molecule is CCN1C(=O)c2c(O)c(=O)c(-c3nnc(Cc4ccc(F)cc4)s3)cn2N2C[C@@H]3CC[C@@H](O3)[C@@H]12. The van der Waals surface area contributed by atoms with Gasteiger partial charge in [-0.2, -0.15) is 0 Å². The first-order chi connectivity index (χ1) is 16.4. The highest BCUT2D eigenvalue weighted by Gasteiger charge is 2.50. The number of fused-ring (bicyclic) bond motifs is 6. The molecule has 3 atom stereocenters. The molecule has 6 rings (SSSR count). The van der Waals surface area contributed by atoms with Crippen LogP contribution >= 0.6 is 11.3 Å². The Kier molecular flexibility index (Phi) is 4.92. The molecule has 2 saturated heterocycles. The lowest BCUT2D eigenvalue weighted by Gasteiger charge is -2.51. The number of hydrogen-bond donors (Lipinski definition) is 1. The van der Waals surface area contributed by atoms with Gasteiger partial charge >= 0.3 is 0 Å². The highest BCUT2D eigenvalue weighted by Crippen LogP contribution is 2.37. The number of hydrogen-bond acceptors (Lipinski definition) is 8. The van der Waals surface area contributed by atoms with E-state index in [0.29, 0.717) is 29.5 Å². The second-order valence-electron chi connectivity index (χ2n) is 8.72. The largest absolute Gasteiger partial charge is 0.502 e. The maximum absolute atomic E-state index is 13.3. The fourth-order valence-electron chi connectivity index (χ4n) is 5.11. The van der Waals surface area contributed by atoms with Crippen molar-refractivity contribution in [3.8, 4) is 16.3 Å². The predicted molar refractivity (Wildman–Crippen MR) is 122 cm³/mol. The molecule has 5 heterocycles. The van der Waals surface area contributed by atoms with E-state index in [4.69, 9.17) is 4.74 Å². The van der Waals surface area contributed by atoms with Crippen LogP contribution in [0.5, 0.6) is 5.75 Å². The van der Waals surface area contributed by atoms with Crippen LogP contribution < -0.4 is 10.4 Å². The summed E-state index contributed by atoms with van der Waals surface area (Å²) in [6.45, 7) is 2.86. The minimum absolute atomic E-state index is 0.0369. The summed E-state index contributed by atoms with van der Waals surface area (Å²) in [5.41, 5.74) is 0.351. The molecule has 0 aliphatic carbocycles. The molecule has 0 unspecified atom stereocenters. The molecule has 34 heavy (non-hydrogen) atoms. The highest BCUT2D eigenvalue weighted by atomic mass is 32.1. The number of pyridine rings is 1. The van der Waals surface area contributed by atoms with E-state index < -0.39 is 17.1 Å². The van der Waals surface area contributed by atoms with E-state index in [0.717, 1.165) is 18.4 Å². The summed E-state index contributed by atoms with van der Waals surface area (Å²) in [5, 5.41) is 22.2. The lowest BCUT2D eigenvalue weighted by Crippen LogP contribution is -2.68. The Morgan fingerprint density at radius 1 is 1.21 bits per heavy atom. The van der Waals surface area contributed by atoms with Gasteiger partial charge in [0.15, 0.2) is 16.5 Å². The summed E-state index contributed by atoms with van der Waals surface area (Å²) in [5.74, 6) is -1.30. The molecule has 3 aliphatic heterocycles. The zero-order valence-corrected chi connectivity index (χ0v) is 19.2. The number of amides is 1. The highest BCUT2D eigenvalue weighted by molar-refractivity contribution is 7.14. The Bertz CT molecular complexity index is 1340. The van der Waals surface area contributed by atoms with Crippen molar-refractivity contribution in [2.75, 3.05) is 18.1 Å². The van der Waals surface area contributed by atoms with Crippen LogP contribution in [0.3, 0.4) is 0 Å². The van der Waals surface area contributed by atoms with Gasteiger partial charge in [0.05, 0.1) is 24.3 Å². The minimum atomic E-state index is -0.658. The fraction of sp³-hybridized carbons (Fsp3) is 0.391. The molecule has 0 saturated carbocycles. The van der Waals surface area contributed by atoms with Crippen LogP contribution in [0.25, 0.3) is 10.6 Å². The van der Waals surface area contributed by atoms with Gasteiger partial charge in [-0.05, 0) is 37.5 Å². The Morgan fingerprint density at radius 2 is 2.00 bits per heavy atom. The molecule has 2 bridgehead atoms. The monoisotopic (exact) mass is 483 g/mol. The van der Waals surface area contributed by atoms with Gasteiger partial charge in [0.2, 0.25) is 5.43 Å². The topological polar surface area (TPSA) is 101 Å². The van der Waals surface area contributed by atoms with E-state index in [2.05, 4.69) is 10.2 Å². The van der Waals surface area contributed by atoms with Gasteiger partial charge in [0, 0.05) is 19.2 Å². The van der Waals surface area contributed by atoms with Gasteiger partial charge < -0.3 is 14.7 Å². The van der Waals surface area contributed by atoms with Crippen molar-refractivity contribution in [3.05, 3.63) is 62.8 Å². The maximum atomic E-state index is 13.3. The summed E-state index contributed by atoms with van der Waals surface area (Å²) in [6.07, 6.45) is 3.40. The standard InChI is InChI=1S/C23H22FN5O4S/c1-2-27-22-16-8-7-14(33-16)10-29(22)28-11-15(19(30)20(31)18(28)23(27)32)21-26-25-17(34-21)9-12-3-5-13(24)6-4-12/h3-6,11,14,16,22,31H,2,7-10H2,1H3/t14-,16+,22-/m0/s1. The number of likely N-dealkylation sites (N-methyl/N-ethyl adjacent to an activating group) is 1. The van der Waals surface area contributed by atoms with Crippen molar-refractivity contribution >= 4 is 17.2 Å². The number of aromatic nitrogens is 3. The van der Waals surface area contributed by atoms with Crippen LogP contribution in [0.15, 0.2) is 35.3 Å². The van der Waals surface area contributed by atoms with Crippen molar-refractivity contribution in [2.45, 2.75) is 44.6 Å².